The Bertz CT molecular complexity index is 636. The van der Waals surface area contributed by atoms with Crippen molar-refractivity contribution in [1.29, 1.82) is 0 Å². The fourth-order valence-electron chi connectivity index (χ4n) is 1.51. The molecule has 3 rings (SSSR count). The third-order valence-electron chi connectivity index (χ3n) is 2.18. The van der Waals surface area contributed by atoms with Crippen molar-refractivity contribution in [3.05, 3.63) is 41.1 Å². The van der Waals surface area contributed by atoms with Crippen LogP contribution in [-0.4, -0.2) is 15.0 Å². The molecule has 0 unspecified atom stereocenters. The summed E-state index contributed by atoms with van der Waals surface area (Å²) < 4.78 is 1.02. The Kier molecular flexibility index (Phi) is 2.31. The molecular weight excluding hydrogens is 242 g/mol. The van der Waals surface area contributed by atoms with Crippen molar-refractivity contribution in [2.45, 2.75) is 0 Å². The standard InChI is InChI=1S/C11H6ClN3S/c12-11-14-8-4-6-16-10(8)9(15-11)7-3-1-2-5-13-7/h1-6H. The minimum absolute atomic E-state index is 0.256. The van der Waals surface area contributed by atoms with Gasteiger partial charge >= 0.3 is 0 Å². The summed E-state index contributed by atoms with van der Waals surface area (Å²) in [4.78, 5) is 12.7. The van der Waals surface area contributed by atoms with E-state index < -0.39 is 0 Å². The smallest absolute Gasteiger partial charge is 0.223 e. The lowest BCUT2D eigenvalue weighted by Crippen LogP contribution is -1.90. The van der Waals surface area contributed by atoms with Crippen molar-refractivity contribution in [3.8, 4) is 11.4 Å². The molecule has 0 aliphatic rings. The maximum atomic E-state index is 5.89. The van der Waals surface area contributed by atoms with E-state index >= 15 is 0 Å². The van der Waals surface area contributed by atoms with Crippen LogP contribution in [0.3, 0.4) is 0 Å². The average molecular weight is 248 g/mol. The molecule has 0 saturated carbocycles. The molecule has 0 aliphatic carbocycles. The lowest BCUT2D eigenvalue weighted by molar-refractivity contribution is 1.20. The van der Waals surface area contributed by atoms with Gasteiger partial charge in [-0.25, -0.2) is 9.97 Å². The normalized spacial score (nSPS) is 10.8. The monoisotopic (exact) mass is 247 g/mol. The van der Waals surface area contributed by atoms with Crippen LogP contribution in [0.2, 0.25) is 5.28 Å². The number of pyridine rings is 1. The van der Waals surface area contributed by atoms with Crippen molar-refractivity contribution in [1.82, 2.24) is 15.0 Å². The number of nitrogens with zero attached hydrogens (tertiary/aromatic N) is 3. The van der Waals surface area contributed by atoms with E-state index in [4.69, 9.17) is 11.6 Å². The molecule has 0 radical (unpaired) electrons. The molecule has 0 saturated heterocycles. The minimum atomic E-state index is 0.256. The van der Waals surface area contributed by atoms with Crippen molar-refractivity contribution >= 4 is 33.2 Å². The Balaban J connectivity index is 2.34. The third kappa shape index (κ3) is 1.56. The van der Waals surface area contributed by atoms with Crippen molar-refractivity contribution in [3.63, 3.8) is 0 Å². The lowest BCUT2D eigenvalue weighted by Gasteiger charge is -2.01. The maximum Gasteiger partial charge on any atom is 0.223 e. The number of fused-ring (bicyclic) bond motifs is 1. The van der Waals surface area contributed by atoms with Gasteiger partial charge in [-0.3, -0.25) is 4.98 Å². The molecule has 0 aliphatic heterocycles. The van der Waals surface area contributed by atoms with Crippen LogP contribution in [0.1, 0.15) is 0 Å². The van der Waals surface area contributed by atoms with Crippen LogP contribution in [0.5, 0.6) is 0 Å². The maximum absolute atomic E-state index is 5.89. The van der Waals surface area contributed by atoms with Crippen molar-refractivity contribution in [2.75, 3.05) is 0 Å². The molecule has 0 fully saturated rings. The molecule has 0 N–H and O–H groups in total. The molecule has 3 heterocycles. The molecule has 0 aromatic carbocycles. The fourth-order valence-corrected chi connectivity index (χ4v) is 2.52. The van der Waals surface area contributed by atoms with E-state index in [0.29, 0.717) is 0 Å². The number of hydrogen-bond acceptors (Lipinski definition) is 4. The second-order valence-corrected chi connectivity index (χ2v) is 4.45. The van der Waals surface area contributed by atoms with Gasteiger partial charge in [0.05, 0.1) is 15.9 Å². The Hall–Kier alpha value is -1.52. The van der Waals surface area contributed by atoms with Crippen LogP contribution >= 0.6 is 22.9 Å². The second kappa shape index (κ2) is 3.81. The summed E-state index contributed by atoms with van der Waals surface area (Å²) in [6, 6.07) is 7.65. The van der Waals surface area contributed by atoms with Gasteiger partial charge in [0, 0.05) is 6.20 Å². The SMILES string of the molecule is Clc1nc(-c2ccccn2)c2sccc2n1. The van der Waals surface area contributed by atoms with E-state index in [0.717, 1.165) is 21.6 Å². The van der Waals surface area contributed by atoms with Gasteiger partial charge in [0.25, 0.3) is 0 Å². The zero-order valence-electron chi connectivity index (χ0n) is 8.09. The Morgan fingerprint density at radius 1 is 1.12 bits per heavy atom. The van der Waals surface area contributed by atoms with Gasteiger partial charge in [0.15, 0.2) is 0 Å². The summed E-state index contributed by atoms with van der Waals surface area (Å²) >= 11 is 7.48. The quantitative estimate of drug-likeness (QED) is 0.619. The highest BCUT2D eigenvalue weighted by molar-refractivity contribution is 7.17. The predicted molar refractivity (Wildman–Crippen MR) is 65.7 cm³/mol. The topological polar surface area (TPSA) is 38.7 Å². The minimum Gasteiger partial charge on any atom is -0.255 e. The summed E-state index contributed by atoms with van der Waals surface area (Å²) in [5.74, 6) is 0. The molecule has 3 aromatic heterocycles. The van der Waals surface area contributed by atoms with Crippen molar-refractivity contribution in [2.24, 2.45) is 0 Å². The van der Waals surface area contributed by atoms with Crippen LogP contribution in [0.4, 0.5) is 0 Å². The van der Waals surface area contributed by atoms with Crippen LogP contribution in [0, 0.1) is 0 Å². The van der Waals surface area contributed by atoms with Crippen LogP contribution in [0.25, 0.3) is 21.6 Å². The Labute approximate surface area is 101 Å². The Morgan fingerprint density at radius 3 is 2.88 bits per heavy atom. The summed E-state index contributed by atoms with van der Waals surface area (Å²) in [6.07, 6.45) is 1.74. The first-order chi connectivity index (χ1) is 7.84. The molecule has 3 aromatic rings. The first-order valence-electron chi connectivity index (χ1n) is 4.67. The fraction of sp³-hybridized carbons (Fsp3) is 0. The molecule has 0 bridgehead atoms. The molecule has 0 atom stereocenters. The number of thiophene rings is 1. The number of aromatic nitrogens is 3. The highest BCUT2D eigenvalue weighted by Crippen LogP contribution is 2.29. The molecule has 5 heteroatoms. The van der Waals surface area contributed by atoms with Gasteiger partial charge in [-0.15, -0.1) is 11.3 Å². The molecule has 0 amide bonds. The number of halogens is 1. The van der Waals surface area contributed by atoms with Gasteiger partial charge in [-0.2, -0.15) is 0 Å². The van der Waals surface area contributed by atoms with Gasteiger partial charge in [-0.05, 0) is 35.2 Å². The largest absolute Gasteiger partial charge is 0.255 e. The highest BCUT2D eigenvalue weighted by atomic mass is 35.5. The average Bonchev–Trinajstić information content (AvgIpc) is 2.77. The van der Waals surface area contributed by atoms with Gasteiger partial charge < -0.3 is 0 Å². The first-order valence-corrected chi connectivity index (χ1v) is 5.92. The number of rotatable bonds is 1. The zero-order valence-corrected chi connectivity index (χ0v) is 9.66. The molecule has 3 nitrogen and oxygen atoms in total. The van der Waals surface area contributed by atoms with E-state index in [1.807, 2.05) is 29.6 Å². The zero-order chi connectivity index (χ0) is 11.0. The Morgan fingerprint density at radius 2 is 2.06 bits per heavy atom. The van der Waals surface area contributed by atoms with E-state index in [1.54, 1.807) is 17.5 Å². The van der Waals surface area contributed by atoms with E-state index in [9.17, 15) is 0 Å². The molecule has 78 valence electrons. The van der Waals surface area contributed by atoms with Gasteiger partial charge in [0.1, 0.15) is 5.69 Å². The van der Waals surface area contributed by atoms with E-state index in [1.165, 1.54) is 0 Å². The highest BCUT2D eigenvalue weighted by Gasteiger charge is 2.10. The molecule has 0 spiro atoms. The summed E-state index contributed by atoms with van der Waals surface area (Å²) in [7, 11) is 0. The first kappa shape index (κ1) is 9.69. The van der Waals surface area contributed by atoms with Crippen LogP contribution in [-0.2, 0) is 0 Å². The summed E-state index contributed by atoms with van der Waals surface area (Å²) in [5, 5.41) is 2.23. The molecular formula is C11H6ClN3S. The lowest BCUT2D eigenvalue weighted by atomic mass is 10.2. The van der Waals surface area contributed by atoms with Crippen LogP contribution in [0.15, 0.2) is 35.8 Å². The van der Waals surface area contributed by atoms with Crippen molar-refractivity contribution < 1.29 is 0 Å². The van der Waals surface area contributed by atoms with Gasteiger partial charge in [0.2, 0.25) is 5.28 Å². The second-order valence-electron chi connectivity index (χ2n) is 3.19. The van der Waals surface area contributed by atoms with Crippen LogP contribution < -0.4 is 0 Å². The molecule has 16 heavy (non-hydrogen) atoms. The third-order valence-corrected chi connectivity index (χ3v) is 3.26. The van der Waals surface area contributed by atoms with Gasteiger partial charge in [-0.1, -0.05) is 6.07 Å². The summed E-state index contributed by atoms with van der Waals surface area (Å²) in [5.41, 5.74) is 2.48. The predicted octanol–water partition coefficient (Wildman–Crippen LogP) is 3.41. The van der Waals surface area contributed by atoms with E-state index in [-0.39, 0.29) is 5.28 Å². The number of hydrogen-bond donors (Lipinski definition) is 0. The van der Waals surface area contributed by atoms with E-state index in [2.05, 4.69) is 15.0 Å². The summed E-state index contributed by atoms with van der Waals surface area (Å²) in [6.45, 7) is 0.